The van der Waals surface area contributed by atoms with Gasteiger partial charge in [-0.15, -0.1) is 0 Å². The number of nitrogens with one attached hydrogen (secondary N) is 1. The van der Waals surface area contributed by atoms with Crippen LogP contribution >= 0.6 is 0 Å². The Hall–Kier alpha value is -3.28. The summed E-state index contributed by atoms with van der Waals surface area (Å²) < 4.78 is 16.5. The van der Waals surface area contributed by atoms with E-state index in [9.17, 15) is 4.79 Å². The third kappa shape index (κ3) is 2.73. The molecule has 6 nitrogen and oxygen atoms in total. The molecular weight excluding hydrogens is 344 g/mol. The summed E-state index contributed by atoms with van der Waals surface area (Å²) in [4.78, 5) is 16.6. The number of amides is 1. The molecule has 0 atom stereocenters. The van der Waals surface area contributed by atoms with Crippen molar-refractivity contribution >= 4 is 22.8 Å². The van der Waals surface area contributed by atoms with Crippen LogP contribution in [0.2, 0.25) is 0 Å². The first-order chi connectivity index (χ1) is 12.9. The molecule has 1 aromatic heterocycles. The zero-order valence-electron chi connectivity index (χ0n) is 15.6. The monoisotopic (exact) mass is 364 g/mol. The SMILES string of the molecule is COc1ccccc1-c1ccc(OC)c2nc3c(cc12)C(C)(C)OC(=O)N3. The van der Waals surface area contributed by atoms with Crippen molar-refractivity contribution in [2.24, 2.45) is 0 Å². The van der Waals surface area contributed by atoms with E-state index in [-0.39, 0.29) is 0 Å². The topological polar surface area (TPSA) is 69.7 Å². The van der Waals surface area contributed by atoms with Crippen LogP contribution in [0.1, 0.15) is 19.4 Å². The van der Waals surface area contributed by atoms with E-state index in [0.29, 0.717) is 17.1 Å². The Morgan fingerprint density at radius 1 is 1.00 bits per heavy atom. The normalized spacial score (nSPS) is 14.9. The standard InChI is InChI=1S/C21H20N2O4/c1-21(2)15-11-14-12(13-7-5-6-8-16(13)25-3)9-10-17(26-4)18(14)22-19(15)23-20(24)27-21/h5-11H,1-4H3,(H,22,23,24). The average Bonchev–Trinajstić information content (AvgIpc) is 2.65. The molecule has 0 unspecified atom stereocenters. The van der Waals surface area contributed by atoms with E-state index in [2.05, 4.69) is 5.32 Å². The van der Waals surface area contributed by atoms with Crippen molar-refractivity contribution in [1.29, 1.82) is 0 Å². The Labute approximate surface area is 157 Å². The second-order valence-corrected chi connectivity index (χ2v) is 6.82. The lowest BCUT2D eigenvalue weighted by Gasteiger charge is -2.32. The molecule has 0 spiro atoms. The number of carbonyl (C=O) groups is 1. The molecule has 1 aliphatic heterocycles. The number of methoxy groups -OCH3 is 2. The van der Waals surface area contributed by atoms with Crippen molar-refractivity contribution in [3.63, 3.8) is 0 Å². The van der Waals surface area contributed by atoms with Gasteiger partial charge >= 0.3 is 6.09 Å². The number of anilines is 1. The number of fused-ring (bicyclic) bond motifs is 2. The third-order valence-corrected chi connectivity index (χ3v) is 4.78. The van der Waals surface area contributed by atoms with Crippen LogP contribution in [0.3, 0.4) is 0 Å². The minimum atomic E-state index is -0.792. The lowest BCUT2D eigenvalue weighted by Crippen LogP contribution is -2.35. The number of aromatic nitrogens is 1. The third-order valence-electron chi connectivity index (χ3n) is 4.78. The van der Waals surface area contributed by atoms with Gasteiger partial charge in [-0.1, -0.05) is 18.2 Å². The molecule has 1 amide bonds. The van der Waals surface area contributed by atoms with E-state index in [1.54, 1.807) is 14.2 Å². The van der Waals surface area contributed by atoms with Gasteiger partial charge < -0.3 is 14.2 Å². The molecule has 6 heteroatoms. The van der Waals surface area contributed by atoms with E-state index in [4.69, 9.17) is 19.2 Å². The summed E-state index contributed by atoms with van der Waals surface area (Å²) in [5, 5.41) is 3.58. The number of nitrogens with zero attached hydrogens (tertiary/aromatic N) is 1. The van der Waals surface area contributed by atoms with Crippen LogP contribution in [0, 0.1) is 0 Å². The molecule has 0 saturated heterocycles. The number of pyridine rings is 1. The van der Waals surface area contributed by atoms with Crippen molar-refractivity contribution in [2.75, 3.05) is 19.5 Å². The Morgan fingerprint density at radius 2 is 1.74 bits per heavy atom. The highest BCUT2D eigenvalue weighted by Gasteiger charge is 2.35. The Morgan fingerprint density at radius 3 is 2.48 bits per heavy atom. The first-order valence-electron chi connectivity index (χ1n) is 8.60. The van der Waals surface area contributed by atoms with Crippen molar-refractivity contribution in [1.82, 2.24) is 4.98 Å². The molecular formula is C21H20N2O4. The predicted octanol–water partition coefficient (Wildman–Crippen LogP) is 4.72. The maximum absolute atomic E-state index is 11.9. The van der Waals surface area contributed by atoms with Gasteiger partial charge in [-0.3, -0.25) is 5.32 Å². The molecule has 0 fully saturated rings. The number of carbonyl (C=O) groups excluding carboxylic acids is 1. The molecule has 4 rings (SSSR count). The summed E-state index contributed by atoms with van der Waals surface area (Å²) in [7, 11) is 3.25. The summed E-state index contributed by atoms with van der Waals surface area (Å²) in [6.45, 7) is 3.70. The van der Waals surface area contributed by atoms with Crippen LogP contribution in [0.4, 0.5) is 10.6 Å². The zero-order valence-corrected chi connectivity index (χ0v) is 15.6. The molecule has 27 heavy (non-hydrogen) atoms. The van der Waals surface area contributed by atoms with Gasteiger partial charge in [0.15, 0.2) is 0 Å². The van der Waals surface area contributed by atoms with Gasteiger partial charge in [0.1, 0.15) is 28.4 Å². The van der Waals surface area contributed by atoms with Gasteiger partial charge in [0.25, 0.3) is 0 Å². The molecule has 3 aromatic rings. The molecule has 0 saturated carbocycles. The van der Waals surface area contributed by atoms with Gasteiger partial charge in [-0.25, -0.2) is 9.78 Å². The Bertz CT molecular complexity index is 1060. The van der Waals surface area contributed by atoms with E-state index in [1.807, 2.05) is 56.3 Å². The van der Waals surface area contributed by atoms with Crippen LogP contribution < -0.4 is 14.8 Å². The number of rotatable bonds is 3. The Balaban J connectivity index is 2.07. The number of hydrogen-bond acceptors (Lipinski definition) is 5. The first kappa shape index (κ1) is 17.1. The molecule has 1 aliphatic rings. The lowest BCUT2D eigenvalue weighted by atomic mass is 9.92. The molecule has 0 radical (unpaired) electrons. The summed E-state index contributed by atoms with van der Waals surface area (Å²) in [5.41, 5.74) is 2.59. The number of benzene rings is 2. The largest absolute Gasteiger partial charge is 0.496 e. The average molecular weight is 364 g/mol. The Kier molecular flexibility index (Phi) is 3.91. The zero-order chi connectivity index (χ0) is 19.2. The summed E-state index contributed by atoms with van der Waals surface area (Å²) in [6, 6.07) is 13.7. The highest BCUT2D eigenvalue weighted by molar-refractivity contribution is 6.01. The molecule has 138 valence electrons. The molecule has 0 aliphatic carbocycles. The van der Waals surface area contributed by atoms with Crippen LogP contribution in [0.15, 0.2) is 42.5 Å². The highest BCUT2D eigenvalue weighted by atomic mass is 16.6. The summed E-state index contributed by atoms with van der Waals surface area (Å²) in [5.74, 6) is 1.88. The number of cyclic esters (lactones) is 1. The number of ether oxygens (including phenoxy) is 3. The highest BCUT2D eigenvalue weighted by Crippen LogP contribution is 2.42. The van der Waals surface area contributed by atoms with Crippen LogP contribution in [0.5, 0.6) is 11.5 Å². The van der Waals surface area contributed by atoms with Gasteiger partial charge in [-0.2, -0.15) is 0 Å². The predicted molar refractivity (Wildman–Crippen MR) is 103 cm³/mol. The summed E-state index contributed by atoms with van der Waals surface area (Å²) in [6.07, 6.45) is -0.515. The molecule has 2 aromatic carbocycles. The van der Waals surface area contributed by atoms with E-state index < -0.39 is 11.7 Å². The minimum Gasteiger partial charge on any atom is -0.496 e. The van der Waals surface area contributed by atoms with Crippen molar-refractivity contribution in [3.8, 4) is 22.6 Å². The van der Waals surface area contributed by atoms with Crippen LogP contribution in [0.25, 0.3) is 22.0 Å². The molecule has 1 N–H and O–H groups in total. The fraction of sp³-hybridized carbons (Fsp3) is 0.238. The van der Waals surface area contributed by atoms with E-state index in [0.717, 1.165) is 27.8 Å². The van der Waals surface area contributed by atoms with E-state index >= 15 is 0 Å². The van der Waals surface area contributed by atoms with Crippen molar-refractivity contribution in [2.45, 2.75) is 19.4 Å². The molecule has 2 heterocycles. The van der Waals surface area contributed by atoms with Crippen molar-refractivity contribution in [3.05, 3.63) is 48.0 Å². The van der Waals surface area contributed by atoms with Gasteiger partial charge in [0.05, 0.1) is 14.2 Å². The van der Waals surface area contributed by atoms with Gasteiger partial charge in [0.2, 0.25) is 0 Å². The fourth-order valence-corrected chi connectivity index (χ4v) is 3.46. The van der Waals surface area contributed by atoms with Crippen molar-refractivity contribution < 1.29 is 19.0 Å². The number of para-hydroxylation sites is 1. The fourth-order valence-electron chi connectivity index (χ4n) is 3.46. The lowest BCUT2D eigenvalue weighted by molar-refractivity contribution is 0.0417. The number of hydrogen-bond donors (Lipinski definition) is 1. The molecule has 0 bridgehead atoms. The van der Waals surface area contributed by atoms with Crippen LogP contribution in [-0.4, -0.2) is 25.3 Å². The quantitative estimate of drug-likeness (QED) is 0.728. The summed E-state index contributed by atoms with van der Waals surface area (Å²) >= 11 is 0. The van der Waals surface area contributed by atoms with Gasteiger partial charge in [0, 0.05) is 16.5 Å². The second-order valence-electron chi connectivity index (χ2n) is 6.82. The first-order valence-corrected chi connectivity index (χ1v) is 8.60. The smallest absolute Gasteiger partial charge is 0.413 e. The van der Waals surface area contributed by atoms with E-state index in [1.165, 1.54) is 0 Å². The minimum absolute atomic E-state index is 0.485. The maximum atomic E-state index is 11.9. The second kappa shape index (κ2) is 6.16. The van der Waals surface area contributed by atoms with Gasteiger partial charge in [-0.05, 0) is 43.7 Å². The van der Waals surface area contributed by atoms with Crippen LogP contribution in [-0.2, 0) is 10.3 Å². The maximum Gasteiger partial charge on any atom is 0.413 e.